The summed E-state index contributed by atoms with van der Waals surface area (Å²) < 4.78 is 11.7. The van der Waals surface area contributed by atoms with Crippen LogP contribution in [-0.2, 0) is 19.0 Å². The topological polar surface area (TPSA) is 137 Å². The number of methoxy groups -OCH3 is 1. The number of hydrogen-bond donors (Lipinski definition) is 4. The largest absolute Gasteiger partial charge is 0.508 e. The molecule has 12 heteroatoms. The van der Waals surface area contributed by atoms with Gasteiger partial charge in [0.15, 0.2) is 0 Å². The Morgan fingerprint density at radius 3 is 2.65 bits per heavy atom. The predicted molar refractivity (Wildman–Crippen MR) is 166 cm³/mol. The summed E-state index contributed by atoms with van der Waals surface area (Å²) in [6.07, 6.45) is 5.03. The van der Waals surface area contributed by atoms with Crippen molar-refractivity contribution < 1.29 is 39.2 Å². The minimum atomic E-state index is -1.74. The van der Waals surface area contributed by atoms with Crippen molar-refractivity contribution in [2.45, 2.75) is 51.5 Å². The number of ether oxygens (including phenoxy) is 1. The zero-order valence-electron chi connectivity index (χ0n) is 24.3. The van der Waals surface area contributed by atoms with E-state index in [1.165, 1.54) is 18.2 Å². The summed E-state index contributed by atoms with van der Waals surface area (Å²) in [5.74, 6) is -2.31. The molecule has 4 atom stereocenters. The lowest BCUT2D eigenvalue weighted by Crippen LogP contribution is -2.46. The first-order valence-electron chi connectivity index (χ1n) is 14.7. The van der Waals surface area contributed by atoms with Crippen molar-refractivity contribution in [3.8, 4) is 5.75 Å². The third kappa shape index (κ3) is 6.48. The summed E-state index contributed by atoms with van der Waals surface area (Å²) in [5.41, 5.74) is 4.25. The highest BCUT2D eigenvalue weighted by molar-refractivity contribution is 6.58. The van der Waals surface area contributed by atoms with Crippen LogP contribution in [0.2, 0.25) is 11.3 Å². The number of amides is 2. The number of hydrogen-bond acceptors (Lipinski definition) is 8. The smallest absolute Gasteiger partial charge is 0.488 e. The van der Waals surface area contributed by atoms with Gasteiger partial charge in [0.25, 0.3) is 0 Å². The summed E-state index contributed by atoms with van der Waals surface area (Å²) in [4.78, 5) is 28.8. The number of anilines is 1. The Bertz CT molecular complexity index is 1450. The van der Waals surface area contributed by atoms with Crippen molar-refractivity contribution in [3.05, 3.63) is 69.8 Å². The van der Waals surface area contributed by atoms with Crippen LogP contribution in [0.5, 0.6) is 5.75 Å². The van der Waals surface area contributed by atoms with Crippen molar-refractivity contribution in [2.75, 3.05) is 18.6 Å². The molecule has 2 aromatic carbocycles. The predicted octanol–water partition coefficient (Wildman–Crippen LogP) is 3.34. The van der Waals surface area contributed by atoms with Crippen LogP contribution in [0.15, 0.2) is 59.2 Å². The molecule has 0 spiro atoms. The molecule has 2 saturated heterocycles. The van der Waals surface area contributed by atoms with Crippen LogP contribution in [0.25, 0.3) is 6.08 Å². The van der Waals surface area contributed by atoms with Crippen molar-refractivity contribution in [2.24, 2.45) is 17.8 Å². The molecule has 5 rings (SSSR count). The highest BCUT2D eigenvalue weighted by Crippen LogP contribution is 2.51. The highest BCUT2D eigenvalue weighted by Gasteiger charge is 2.57. The molecule has 4 N–H and O–H groups in total. The van der Waals surface area contributed by atoms with E-state index in [2.05, 4.69) is 6.92 Å². The van der Waals surface area contributed by atoms with E-state index in [9.17, 15) is 29.8 Å². The maximum Gasteiger partial charge on any atom is 0.488 e. The van der Waals surface area contributed by atoms with E-state index in [0.29, 0.717) is 24.3 Å². The van der Waals surface area contributed by atoms with E-state index in [4.69, 9.17) is 21.0 Å². The molecule has 0 saturated carbocycles. The third-order valence-electron chi connectivity index (χ3n) is 8.70. The van der Waals surface area contributed by atoms with E-state index in [1.54, 1.807) is 31.4 Å². The fraction of sp³-hybridized carbons (Fsp3) is 0.419. The number of aromatic hydroxyl groups is 1. The molecule has 0 bridgehead atoms. The zero-order valence-corrected chi connectivity index (χ0v) is 25.0. The summed E-state index contributed by atoms with van der Waals surface area (Å²) in [7, 11) is -1.25. The van der Waals surface area contributed by atoms with Gasteiger partial charge in [0.1, 0.15) is 5.75 Å². The lowest BCUT2D eigenvalue weighted by atomic mass is 9.58. The normalized spacial score (nSPS) is 24.0. The zero-order chi connectivity index (χ0) is 30.8. The number of imide groups is 1. The fourth-order valence-corrected chi connectivity index (χ4v) is 7.14. The SMILES string of the molecule is CCC/C(=C\c1ccc(O)cc1Cl)CC[C@H]1OB(O)C[C@H]2C1=C(COC)C[C@H]1C(=O)N(c3cccc(B(O)O)c3)C(=O)[C@H]12. The fourth-order valence-electron chi connectivity index (χ4n) is 6.91. The first kappa shape index (κ1) is 31.5. The Hall–Kier alpha value is -2.92. The number of carbonyl (C=O) groups is 2. The monoisotopic (exact) mass is 607 g/mol. The van der Waals surface area contributed by atoms with Crippen LogP contribution in [0.1, 0.15) is 44.6 Å². The molecule has 0 radical (unpaired) electrons. The van der Waals surface area contributed by atoms with Gasteiger partial charge in [0.2, 0.25) is 11.8 Å². The van der Waals surface area contributed by atoms with Crippen molar-refractivity contribution in [3.63, 3.8) is 0 Å². The summed E-state index contributed by atoms with van der Waals surface area (Å²) in [5, 5.41) is 40.3. The molecule has 9 nitrogen and oxygen atoms in total. The average molecular weight is 608 g/mol. The molecule has 2 fully saturated rings. The van der Waals surface area contributed by atoms with Crippen LogP contribution in [0.3, 0.4) is 0 Å². The molecule has 226 valence electrons. The minimum absolute atomic E-state index is 0.0974. The van der Waals surface area contributed by atoms with E-state index >= 15 is 0 Å². The highest BCUT2D eigenvalue weighted by atomic mass is 35.5. The molecule has 0 unspecified atom stereocenters. The maximum atomic E-state index is 13.9. The van der Waals surface area contributed by atoms with Gasteiger partial charge in [-0.25, -0.2) is 0 Å². The number of allylic oxidation sites excluding steroid dienone is 1. The summed E-state index contributed by atoms with van der Waals surface area (Å²) >= 11 is 6.37. The maximum absolute atomic E-state index is 13.9. The van der Waals surface area contributed by atoms with Crippen LogP contribution >= 0.6 is 11.6 Å². The number of halogens is 1. The Balaban J connectivity index is 1.45. The van der Waals surface area contributed by atoms with Gasteiger partial charge < -0.3 is 29.6 Å². The van der Waals surface area contributed by atoms with E-state index < -0.39 is 38.1 Å². The minimum Gasteiger partial charge on any atom is -0.508 e. The number of fused-ring (bicyclic) bond motifs is 3. The molecule has 1 aliphatic carbocycles. The molecule has 3 aliphatic rings. The Morgan fingerprint density at radius 2 is 1.95 bits per heavy atom. The molecule has 2 heterocycles. The average Bonchev–Trinajstić information content (AvgIpc) is 3.22. The molecule has 2 aromatic rings. The second kappa shape index (κ2) is 13.4. The van der Waals surface area contributed by atoms with Crippen molar-refractivity contribution >= 4 is 54.9 Å². The number of rotatable bonds is 10. The van der Waals surface area contributed by atoms with Gasteiger partial charge in [-0.1, -0.05) is 48.7 Å². The number of benzene rings is 2. The van der Waals surface area contributed by atoms with Crippen LogP contribution in [0, 0.1) is 17.8 Å². The van der Waals surface area contributed by atoms with Crippen LogP contribution in [0.4, 0.5) is 5.69 Å². The van der Waals surface area contributed by atoms with Gasteiger partial charge >= 0.3 is 14.2 Å². The summed E-state index contributed by atoms with van der Waals surface area (Å²) in [6, 6.07) is 11.0. The van der Waals surface area contributed by atoms with E-state index in [0.717, 1.165) is 40.0 Å². The number of phenols is 1. The Morgan fingerprint density at radius 1 is 1.16 bits per heavy atom. The van der Waals surface area contributed by atoms with Gasteiger partial charge in [-0.2, -0.15) is 0 Å². The van der Waals surface area contributed by atoms with Gasteiger partial charge in [-0.05, 0) is 90.4 Å². The number of phenolic OH excluding ortho intramolecular Hbond substituents is 1. The molecule has 2 aliphatic heterocycles. The Kier molecular flexibility index (Phi) is 9.80. The molecule has 2 amide bonds. The number of carbonyl (C=O) groups excluding carboxylic acids is 2. The van der Waals surface area contributed by atoms with E-state index in [1.807, 2.05) is 6.08 Å². The number of nitrogens with zero attached hydrogens (tertiary/aromatic N) is 1. The van der Waals surface area contributed by atoms with Crippen LogP contribution < -0.4 is 10.4 Å². The molecule has 0 aromatic heterocycles. The second-order valence-electron chi connectivity index (χ2n) is 11.5. The quantitative estimate of drug-likeness (QED) is 0.184. The standard InChI is InChI=1S/C31H36B2ClNO8/c1-3-5-18(12-19-9-10-23(36)15-26(19)34)8-11-27-28-20(17-42-2)13-24-29(25(28)16-32(39)43-27)31(38)35(30(24)37)22-7-4-6-21(14-22)33(40)41/h4,6-7,9-10,12,14-15,24-25,27,29,36,39-41H,3,5,8,11,13,16-17H2,1-2H3/b18-12+/t24-,25+,27-,29-/m1/s1. The van der Waals surface area contributed by atoms with Crippen LogP contribution in [-0.4, -0.2) is 66.1 Å². The first-order chi connectivity index (χ1) is 20.6. The van der Waals surface area contributed by atoms with Gasteiger partial charge in [0.05, 0.1) is 35.3 Å². The molecule has 43 heavy (non-hydrogen) atoms. The van der Waals surface area contributed by atoms with Gasteiger partial charge in [-0.3, -0.25) is 14.5 Å². The van der Waals surface area contributed by atoms with Gasteiger partial charge in [-0.15, -0.1) is 0 Å². The van der Waals surface area contributed by atoms with Crippen molar-refractivity contribution in [1.82, 2.24) is 0 Å². The lowest BCUT2D eigenvalue weighted by molar-refractivity contribution is -0.122. The summed E-state index contributed by atoms with van der Waals surface area (Å²) in [6.45, 7) is 2.37. The molecular weight excluding hydrogens is 571 g/mol. The second-order valence-corrected chi connectivity index (χ2v) is 11.9. The van der Waals surface area contributed by atoms with Crippen molar-refractivity contribution in [1.29, 1.82) is 0 Å². The Labute approximate surface area is 257 Å². The molecular formula is C31H36B2ClNO8. The lowest BCUT2D eigenvalue weighted by Gasteiger charge is -2.43. The third-order valence-corrected chi connectivity index (χ3v) is 9.02. The first-order valence-corrected chi connectivity index (χ1v) is 15.1. The van der Waals surface area contributed by atoms with Gasteiger partial charge in [0, 0.05) is 7.11 Å². The van der Waals surface area contributed by atoms with E-state index in [-0.39, 0.29) is 41.6 Å².